The van der Waals surface area contributed by atoms with Crippen molar-refractivity contribution >= 4 is 39.3 Å². The van der Waals surface area contributed by atoms with Gasteiger partial charge in [-0.3, -0.25) is 14.7 Å². The lowest BCUT2D eigenvalue weighted by Gasteiger charge is -2.13. The first-order valence-corrected chi connectivity index (χ1v) is 10.5. The molecule has 0 fully saturated rings. The van der Waals surface area contributed by atoms with Crippen molar-refractivity contribution in [2.24, 2.45) is 10.2 Å². The molecule has 3 aromatic carbocycles. The van der Waals surface area contributed by atoms with Gasteiger partial charge in [0, 0.05) is 17.5 Å². The zero-order valence-corrected chi connectivity index (χ0v) is 17.1. The molecule has 0 saturated heterocycles. The summed E-state index contributed by atoms with van der Waals surface area (Å²) in [5.74, 6) is 0.679. The first kappa shape index (κ1) is 18.9. The van der Waals surface area contributed by atoms with Crippen LogP contribution in [0.5, 0.6) is 0 Å². The molecule has 0 aliphatic heterocycles. The molecule has 5 aromatic rings. The summed E-state index contributed by atoms with van der Waals surface area (Å²) in [7, 11) is 0. The Hall–Kier alpha value is -4.10. The monoisotopic (exact) mass is 424 g/mol. The number of benzene rings is 3. The van der Waals surface area contributed by atoms with E-state index in [1.54, 1.807) is 23.5 Å². The van der Waals surface area contributed by atoms with E-state index in [9.17, 15) is 10.1 Å². The fourth-order valence-corrected chi connectivity index (χ4v) is 4.27. The maximum Gasteiger partial charge on any atom is 0.269 e. The van der Waals surface area contributed by atoms with Crippen molar-refractivity contribution in [3.8, 4) is 16.3 Å². The fourth-order valence-electron chi connectivity index (χ4n) is 3.53. The SMILES string of the molecule is O=[N+]([O-])c1ccc(N=Nc2ccc(-c3cccs3)n2-c2cccc3ccccc23)cc1. The summed E-state index contributed by atoms with van der Waals surface area (Å²) in [6.07, 6.45) is 0. The van der Waals surface area contributed by atoms with Gasteiger partial charge in [0.05, 0.1) is 26.9 Å². The van der Waals surface area contributed by atoms with Gasteiger partial charge in [0.15, 0.2) is 5.82 Å². The number of nitro groups is 1. The van der Waals surface area contributed by atoms with Crippen molar-refractivity contribution < 1.29 is 4.92 Å². The lowest BCUT2D eigenvalue weighted by atomic mass is 10.1. The van der Waals surface area contributed by atoms with Crippen molar-refractivity contribution in [1.82, 2.24) is 4.57 Å². The van der Waals surface area contributed by atoms with E-state index in [-0.39, 0.29) is 5.69 Å². The normalized spacial score (nSPS) is 11.4. The Morgan fingerprint density at radius 2 is 1.61 bits per heavy atom. The Morgan fingerprint density at radius 1 is 0.806 bits per heavy atom. The number of non-ortho nitro benzene ring substituents is 1. The quantitative estimate of drug-likeness (QED) is 0.165. The van der Waals surface area contributed by atoms with Crippen LogP contribution in [0.1, 0.15) is 0 Å². The number of fused-ring (bicyclic) bond motifs is 1. The molecule has 2 aromatic heterocycles. The maximum atomic E-state index is 10.9. The average Bonchev–Trinajstić information content (AvgIpc) is 3.47. The Morgan fingerprint density at radius 3 is 2.39 bits per heavy atom. The van der Waals surface area contributed by atoms with Crippen LogP contribution in [0, 0.1) is 10.1 Å². The van der Waals surface area contributed by atoms with Crippen molar-refractivity contribution in [2.75, 3.05) is 0 Å². The molecule has 0 unspecified atom stereocenters. The van der Waals surface area contributed by atoms with E-state index in [0.717, 1.165) is 27.0 Å². The third-order valence-electron chi connectivity index (χ3n) is 4.97. The second kappa shape index (κ2) is 7.97. The summed E-state index contributed by atoms with van der Waals surface area (Å²) >= 11 is 1.67. The highest BCUT2D eigenvalue weighted by Gasteiger charge is 2.15. The topological polar surface area (TPSA) is 72.8 Å². The van der Waals surface area contributed by atoms with Crippen LogP contribution in [0.3, 0.4) is 0 Å². The summed E-state index contributed by atoms with van der Waals surface area (Å²) in [4.78, 5) is 11.6. The molecule has 0 N–H and O–H groups in total. The molecule has 5 rings (SSSR count). The fraction of sp³-hybridized carbons (Fsp3) is 0. The van der Waals surface area contributed by atoms with Gasteiger partial charge < -0.3 is 0 Å². The molecule has 150 valence electrons. The minimum absolute atomic E-state index is 0.0260. The van der Waals surface area contributed by atoms with Crippen molar-refractivity contribution in [1.29, 1.82) is 0 Å². The van der Waals surface area contributed by atoms with Gasteiger partial charge in [-0.25, -0.2) is 0 Å². The molecule has 7 heteroatoms. The van der Waals surface area contributed by atoms with Crippen LogP contribution in [0.2, 0.25) is 0 Å². The van der Waals surface area contributed by atoms with Gasteiger partial charge in [-0.1, -0.05) is 42.5 Å². The molecule has 2 heterocycles. The van der Waals surface area contributed by atoms with E-state index in [0.29, 0.717) is 11.5 Å². The van der Waals surface area contributed by atoms with E-state index in [1.165, 1.54) is 12.1 Å². The third kappa shape index (κ3) is 3.62. The molecule has 0 bridgehead atoms. The van der Waals surface area contributed by atoms with Crippen LogP contribution in [0.4, 0.5) is 17.2 Å². The lowest BCUT2D eigenvalue weighted by molar-refractivity contribution is -0.384. The molecule has 31 heavy (non-hydrogen) atoms. The molecule has 0 amide bonds. The summed E-state index contributed by atoms with van der Waals surface area (Å²) in [6.45, 7) is 0. The molecule has 0 aliphatic carbocycles. The number of hydrogen-bond acceptors (Lipinski definition) is 5. The first-order valence-electron chi connectivity index (χ1n) is 9.61. The standard InChI is InChI=1S/C24H16N4O2S/c29-28(30)19-12-10-18(11-13-19)25-26-24-15-14-22(23-9-4-16-31-23)27(24)21-8-3-6-17-5-1-2-7-20(17)21/h1-16H. The van der Waals surface area contributed by atoms with E-state index in [1.807, 2.05) is 41.8 Å². The Balaban J connectivity index is 1.64. The largest absolute Gasteiger partial charge is 0.291 e. The maximum absolute atomic E-state index is 10.9. The van der Waals surface area contributed by atoms with E-state index in [2.05, 4.69) is 45.1 Å². The molecule has 0 atom stereocenters. The van der Waals surface area contributed by atoms with Gasteiger partial charge in [0.2, 0.25) is 0 Å². The molecule has 0 saturated carbocycles. The van der Waals surface area contributed by atoms with Crippen molar-refractivity contribution in [2.45, 2.75) is 0 Å². The van der Waals surface area contributed by atoms with Crippen LogP contribution in [0.15, 0.2) is 107 Å². The second-order valence-electron chi connectivity index (χ2n) is 6.86. The smallest absolute Gasteiger partial charge is 0.269 e. The number of nitro benzene ring substituents is 1. The van der Waals surface area contributed by atoms with Crippen LogP contribution < -0.4 is 0 Å². The zero-order chi connectivity index (χ0) is 21.2. The molecular formula is C24H16N4O2S. The molecule has 0 radical (unpaired) electrons. The summed E-state index contributed by atoms with van der Waals surface area (Å²) < 4.78 is 2.10. The Bertz CT molecular complexity index is 1400. The van der Waals surface area contributed by atoms with Gasteiger partial charge in [0.25, 0.3) is 5.69 Å². The zero-order valence-electron chi connectivity index (χ0n) is 16.3. The predicted octanol–water partition coefficient (Wildman–Crippen LogP) is 7.68. The second-order valence-corrected chi connectivity index (χ2v) is 7.81. The van der Waals surface area contributed by atoms with Gasteiger partial charge >= 0.3 is 0 Å². The van der Waals surface area contributed by atoms with Gasteiger partial charge in [-0.2, -0.15) is 0 Å². The minimum Gasteiger partial charge on any atom is -0.291 e. The summed E-state index contributed by atoms with van der Waals surface area (Å²) in [5, 5.41) is 24.0. The lowest BCUT2D eigenvalue weighted by Crippen LogP contribution is -1.96. The predicted molar refractivity (Wildman–Crippen MR) is 124 cm³/mol. The number of nitrogens with zero attached hydrogens (tertiary/aromatic N) is 4. The number of aromatic nitrogens is 1. The highest BCUT2D eigenvalue weighted by molar-refractivity contribution is 7.13. The van der Waals surface area contributed by atoms with E-state index < -0.39 is 4.92 Å². The van der Waals surface area contributed by atoms with E-state index >= 15 is 0 Å². The number of azo groups is 1. The molecule has 0 spiro atoms. The van der Waals surface area contributed by atoms with Gasteiger partial charge in [0.1, 0.15) is 0 Å². The third-order valence-corrected chi connectivity index (χ3v) is 5.86. The van der Waals surface area contributed by atoms with Crippen LogP contribution in [-0.2, 0) is 0 Å². The van der Waals surface area contributed by atoms with Gasteiger partial charge in [-0.15, -0.1) is 21.6 Å². The number of rotatable bonds is 5. The average molecular weight is 424 g/mol. The van der Waals surface area contributed by atoms with Gasteiger partial charge in [-0.05, 0) is 47.2 Å². The Kier molecular flexibility index (Phi) is 4.86. The van der Waals surface area contributed by atoms with Crippen LogP contribution in [0.25, 0.3) is 27.0 Å². The summed E-state index contributed by atoms with van der Waals surface area (Å²) in [5.41, 5.74) is 2.63. The highest BCUT2D eigenvalue weighted by Crippen LogP contribution is 2.36. The molecular weight excluding hydrogens is 408 g/mol. The highest BCUT2D eigenvalue weighted by atomic mass is 32.1. The van der Waals surface area contributed by atoms with Crippen molar-refractivity contribution in [3.63, 3.8) is 0 Å². The summed E-state index contributed by atoms with van der Waals surface area (Å²) in [6, 6.07) is 28.6. The number of thiophene rings is 1. The minimum atomic E-state index is -0.431. The Labute approximate surface area is 181 Å². The first-order chi connectivity index (χ1) is 15.2. The van der Waals surface area contributed by atoms with Crippen LogP contribution in [-0.4, -0.2) is 9.49 Å². The van der Waals surface area contributed by atoms with E-state index in [4.69, 9.17) is 0 Å². The van der Waals surface area contributed by atoms with Crippen molar-refractivity contribution in [3.05, 3.63) is 106 Å². The number of hydrogen-bond donors (Lipinski definition) is 0. The molecule has 6 nitrogen and oxygen atoms in total. The van der Waals surface area contributed by atoms with Crippen LogP contribution >= 0.6 is 11.3 Å². The molecule has 0 aliphatic rings.